The first kappa shape index (κ1) is 18.6. The van der Waals surface area contributed by atoms with Gasteiger partial charge in [-0.15, -0.1) is 11.3 Å². The molecule has 6 nitrogen and oxygen atoms in total. The lowest BCUT2D eigenvalue weighted by molar-refractivity contribution is 0.0935. The summed E-state index contributed by atoms with van der Waals surface area (Å²) >= 11 is 1.20. The first-order valence-electron chi connectivity index (χ1n) is 8.47. The van der Waals surface area contributed by atoms with E-state index in [9.17, 15) is 9.59 Å². The molecule has 3 amide bonds. The second-order valence-electron chi connectivity index (χ2n) is 6.09. The summed E-state index contributed by atoms with van der Waals surface area (Å²) < 4.78 is 0. The monoisotopic (exact) mass is 380 g/mol. The second kappa shape index (κ2) is 8.46. The molecule has 1 aromatic heterocycles. The molecule has 138 valence electrons. The van der Waals surface area contributed by atoms with Gasteiger partial charge >= 0.3 is 6.03 Å². The molecule has 27 heavy (non-hydrogen) atoms. The zero-order valence-corrected chi connectivity index (χ0v) is 15.8. The molecule has 0 aliphatic heterocycles. The van der Waals surface area contributed by atoms with E-state index in [1.165, 1.54) is 11.3 Å². The number of hydrogen-bond donors (Lipinski definition) is 3. The molecule has 2 aromatic carbocycles. The van der Waals surface area contributed by atoms with Crippen LogP contribution in [0.2, 0.25) is 0 Å². The number of carbonyl (C=O) groups excluding carboxylic acids is 2. The number of urea groups is 1. The number of benzene rings is 2. The average Bonchev–Trinajstić information content (AvgIpc) is 3.11. The van der Waals surface area contributed by atoms with Crippen LogP contribution < -0.4 is 16.0 Å². The number of anilines is 2. The van der Waals surface area contributed by atoms with E-state index in [2.05, 4.69) is 20.9 Å². The third kappa shape index (κ3) is 5.15. The lowest BCUT2D eigenvalue weighted by Gasteiger charge is -2.13. The van der Waals surface area contributed by atoms with Crippen molar-refractivity contribution in [2.45, 2.75) is 19.9 Å². The van der Waals surface area contributed by atoms with Crippen molar-refractivity contribution >= 4 is 34.1 Å². The normalized spacial score (nSPS) is 11.5. The summed E-state index contributed by atoms with van der Waals surface area (Å²) in [6.07, 6.45) is 0. The molecule has 0 aliphatic carbocycles. The van der Waals surface area contributed by atoms with Gasteiger partial charge in [-0.3, -0.25) is 10.1 Å². The van der Waals surface area contributed by atoms with Crippen molar-refractivity contribution in [2.75, 3.05) is 10.6 Å². The molecule has 0 spiro atoms. The second-order valence-corrected chi connectivity index (χ2v) is 6.95. The molecular formula is C20H20N4O2S. The number of aromatic nitrogens is 1. The molecule has 0 fully saturated rings. The predicted octanol–water partition coefficient (Wildman–Crippen LogP) is 4.59. The zero-order chi connectivity index (χ0) is 19.2. The molecule has 0 saturated heterocycles. The maximum atomic E-state index is 12.4. The van der Waals surface area contributed by atoms with Gasteiger partial charge in [0, 0.05) is 11.1 Å². The Morgan fingerprint density at radius 1 is 1.04 bits per heavy atom. The van der Waals surface area contributed by atoms with Crippen molar-refractivity contribution in [2.24, 2.45) is 0 Å². The fraction of sp³-hybridized carbons (Fsp3) is 0.150. The van der Waals surface area contributed by atoms with E-state index in [0.29, 0.717) is 10.8 Å². The summed E-state index contributed by atoms with van der Waals surface area (Å²) in [5.74, 6) is -0.283. The maximum Gasteiger partial charge on any atom is 0.325 e. The van der Waals surface area contributed by atoms with Crippen molar-refractivity contribution in [3.63, 3.8) is 0 Å². The van der Waals surface area contributed by atoms with Gasteiger partial charge in [0.2, 0.25) is 0 Å². The Bertz CT molecular complexity index is 940. The van der Waals surface area contributed by atoms with Crippen LogP contribution in [0.3, 0.4) is 0 Å². The topological polar surface area (TPSA) is 83.1 Å². The quantitative estimate of drug-likeness (QED) is 0.605. The van der Waals surface area contributed by atoms with Gasteiger partial charge in [0.25, 0.3) is 5.91 Å². The Hall–Kier alpha value is -3.19. The Labute approximate surface area is 161 Å². The van der Waals surface area contributed by atoms with Gasteiger partial charge in [0.15, 0.2) is 5.13 Å². The van der Waals surface area contributed by atoms with Gasteiger partial charge in [-0.05, 0) is 37.1 Å². The average molecular weight is 380 g/mol. The number of nitrogens with zero attached hydrogens (tertiary/aromatic N) is 1. The highest BCUT2D eigenvalue weighted by Crippen LogP contribution is 2.18. The van der Waals surface area contributed by atoms with E-state index in [0.717, 1.165) is 11.1 Å². The third-order valence-electron chi connectivity index (χ3n) is 3.88. The highest BCUT2D eigenvalue weighted by atomic mass is 32.1. The molecule has 3 aromatic rings. The standard InChI is InChI=1S/C20H20N4O2S/c1-13-7-6-10-16(11-13)22-19(26)24-20-23-17(12-27-20)18(25)21-14(2)15-8-4-3-5-9-15/h3-12,14H,1-2H3,(H,21,25)(H2,22,23,24,26)/t14-/m1/s1. The van der Waals surface area contributed by atoms with Crippen LogP contribution in [0.15, 0.2) is 60.0 Å². The van der Waals surface area contributed by atoms with E-state index in [4.69, 9.17) is 0 Å². The molecule has 3 rings (SSSR count). The number of amides is 3. The minimum absolute atomic E-state index is 0.138. The van der Waals surface area contributed by atoms with Crippen molar-refractivity contribution in [1.82, 2.24) is 10.3 Å². The lowest BCUT2D eigenvalue weighted by Crippen LogP contribution is -2.27. The summed E-state index contributed by atoms with van der Waals surface area (Å²) in [5.41, 5.74) is 3.03. The van der Waals surface area contributed by atoms with Gasteiger partial charge in [-0.2, -0.15) is 0 Å². The fourth-order valence-corrected chi connectivity index (χ4v) is 3.20. The SMILES string of the molecule is Cc1cccc(NC(=O)Nc2nc(C(=O)N[C@H](C)c3ccccc3)cs2)c1. The van der Waals surface area contributed by atoms with Crippen LogP contribution in [0.4, 0.5) is 15.6 Å². The molecule has 0 unspecified atom stereocenters. The van der Waals surface area contributed by atoms with Gasteiger partial charge in [0.05, 0.1) is 6.04 Å². The fourth-order valence-electron chi connectivity index (χ4n) is 2.51. The smallest absolute Gasteiger partial charge is 0.325 e. The van der Waals surface area contributed by atoms with Crippen molar-refractivity contribution < 1.29 is 9.59 Å². The van der Waals surface area contributed by atoms with E-state index in [1.54, 1.807) is 11.4 Å². The summed E-state index contributed by atoms with van der Waals surface area (Å²) in [4.78, 5) is 28.6. The van der Waals surface area contributed by atoms with E-state index in [-0.39, 0.29) is 17.6 Å². The molecule has 7 heteroatoms. The summed E-state index contributed by atoms with van der Waals surface area (Å²) in [5, 5.41) is 10.3. The number of nitrogens with one attached hydrogen (secondary N) is 3. The van der Waals surface area contributed by atoms with Crippen molar-refractivity contribution in [3.05, 3.63) is 76.8 Å². The zero-order valence-electron chi connectivity index (χ0n) is 15.0. The molecule has 0 saturated carbocycles. The van der Waals surface area contributed by atoms with Gasteiger partial charge in [-0.1, -0.05) is 42.5 Å². The minimum Gasteiger partial charge on any atom is -0.344 e. The molecular weight excluding hydrogens is 360 g/mol. The maximum absolute atomic E-state index is 12.4. The number of rotatable bonds is 5. The minimum atomic E-state index is -0.403. The van der Waals surface area contributed by atoms with Crippen LogP contribution in [0.25, 0.3) is 0 Å². The van der Waals surface area contributed by atoms with Gasteiger partial charge < -0.3 is 10.6 Å². The predicted molar refractivity (Wildman–Crippen MR) is 108 cm³/mol. The Kier molecular flexibility index (Phi) is 5.83. The Balaban J connectivity index is 1.57. The number of aryl methyl sites for hydroxylation is 1. The molecule has 0 bridgehead atoms. The molecule has 1 atom stereocenters. The Morgan fingerprint density at radius 3 is 2.56 bits per heavy atom. The van der Waals surface area contributed by atoms with Crippen molar-refractivity contribution in [1.29, 1.82) is 0 Å². The highest BCUT2D eigenvalue weighted by molar-refractivity contribution is 7.14. The summed E-state index contributed by atoms with van der Waals surface area (Å²) in [6, 6.07) is 16.6. The first-order chi connectivity index (χ1) is 13.0. The van der Waals surface area contributed by atoms with Crippen LogP contribution in [0.5, 0.6) is 0 Å². The lowest BCUT2D eigenvalue weighted by atomic mass is 10.1. The number of thiazole rings is 1. The molecule has 1 heterocycles. The number of hydrogen-bond acceptors (Lipinski definition) is 4. The van der Waals surface area contributed by atoms with Crippen LogP contribution >= 0.6 is 11.3 Å². The number of carbonyl (C=O) groups is 2. The Morgan fingerprint density at radius 2 is 1.81 bits per heavy atom. The molecule has 0 radical (unpaired) electrons. The third-order valence-corrected chi connectivity index (χ3v) is 4.64. The highest BCUT2D eigenvalue weighted by Gasteiger charge is 2.15. The van der Waals surface area contributed by atoms with Crippen LogP contribution in [0.1, 0.15) is 34.6 Å². The van der Waals surface area contributed by atoms with Crippen LogP contribution in [0, 0.1) is 6.92 Å². The summed E-state index contributed by atoms with van der Waals surface area (Å²) in [6.45, 7) is 3.86. The van der Waals surface area contributed by atoms with E-state index < -0.39 is 6.03 Å². The van der Waals surface area contributed by atoms with E-state index in [1.807, 2.05) is 62.4 Å². The van der Waals surface area contributed by atoms with Gasteiger partial charge in [-0.25, -0.2) is 9.78 Å². The molecule has 3 N–H and O–H groups in total. The first-order valence-corrected chi connectivity index (χ1v) is 9.35. The van der Waals surface area contributed by atoms with E-state index >= 15 is 0 Å². The van der Waals surface area contributed by atoms with Crippen LogP contribution in [-0.2, 0) is 0 Å². The van der Waals surface area contributed by atoms with Gasteiger partial charge in [0.1, 0.15) is 5.69 Å². The summed E-state index contributed by atoms with van der Waals surface area (Å²) in [7, 11) is 0. The molecule has 0 aliphatic rings. The van der Waals surface area contributed by atoms with Crippen LogP contribution in [-0.4, -0.2) is 16.9 Å². The largest absolute Gasteiger partial charge is 0.344 e. The van der Waals surface area contributed by atoms with Crippen molar-refractivity contribution in [3.8, 4) is 0 Å².